The minimum Gasteiger partial charge on any atom is -0.512 e. The average Bonchev–Trinajstić information content (AvgIpc) is 2.48. The molecule has 2 nitrogen and oxygen atoms in total. The Hall–Kier alpha value is -1.28. The summed E-state index contributed by atoms with van der Waals surface area (Å²) in [5.74, 6) is 1.19. The largest absolute Gasteiger partial charge is 0.512 e. The standard InChI is InChI=1S/C21H30O2/c1-5-6-7-8-15-10-12-18(22)19-16-13-14(2)9-11-17(16)21(3,4)23-20(15)19/h9-13,16-17,19-20,22H,5-8H2,1-4H3/t16-,17-,19+,20+/m0/s1. The number of hydrogen-bond acceptors (Lipinski definition) is 2. The monoisotopic (exact) mass is 314 g/mol. The zero-order valence-corrected chi connectivity index (χ0v) is 14.9. The van der Waals surface area contributed by atoms with E-state index in [2.05, 4.69) is 52.0 Å². The number of fused-ring (bicyclic) bond motifs is 3. The topological polar surface area (TPSA) is 29.5 Å². The van der Waals surface area contributed by atoms with Crippen molar-refractivity contribution in [1.82, 2.24) is 0 Å². The lowest BCUT2D eigenvalue weighted by molar-refractivity contribution is -0.159. The smallest absolute Gasteiger partial charge is 0.0989 e. The molecule has 0 saturated carbocycles. The highest BCUT2D eigenvalue weighted by atomic mass is 16.5. The molecule has 0 amide bonds. The molecule has 0 aromatic carbocycles. The molecule has 0 spiro atoms. The van der Waals surface area contributed by atoms with Crippen molar-refractivity contribution in [2.75, 3.05) is 0 Å². The third-order valence-electron chi connectivity index (χ3n) is 5.65. The fraction of sp³-hybridized carbons (Fsp3) is 0.619. The Balaban J connectivity index is 1.91. The van der Waals surface area contributed by atoms with Gasteiger partial charge in [-0.2, -0.15) is 0 Å². The number of aliphatic hydroxyl groups excluding tert-OH is 1. The quantitative estimate of drug-likeness (QED) is 0.695. The van der Waals surface area contributed by atoms with E-state index < -0.39 is 0 Å². The van der Waals surface area contributed by atoms with E-state index in [9.17, 15) is 5.11 Å². The molecule has 1 fully saturated rings. The van der Waals surface area contributed by atoms with Gasteiger partial charge < -0.3 is 9.84 Å². The van der Waals surface area contributed by atoms with Gasteiger partial charge in [-0.05, 0) is 51.2 Å². The van der Waals surface area contributed by atoms with Crippen molar-refractivity contribution in [1.29, 1.82) is 0 Å². The Bertz CT molecular complexity index is 577. The van der Waals surface area contributed by atoms with Crippen LogP contribution in [-0.4, -0.2) is 16.8 Å². The predicted molar refractivity (Wildman–Crippen MR) is 95.3 cm³/mol. The molecule has 1 saturated heterocycles. The van der Waals surface area contributed by atoms with E-state index in [1.807, 2.05) is 6.08 Å². The van der Waals surface area contributed by atoms with Gasteiger partial charge in [0.1, 0.15) is 0 Å². The molecule has 1 N–H and O–H groups in total. The Morgan fingerprint density at radius 1 is 1.22 bits per heavy atom. The first-order valence-corrected chi connectivity index (χ1v) is 9.08. The second-order valence-electron chi connectivity index (χ2n) is 7.83. The first kappa shape index (κ1) is 16.6. The van der Waals surface area contributed by atoms with Gasteiger partial charge in [0.15, 0.2) is 0 Å². The second kappa shape index (κ2) is 6.32. The zero-order valence-electron chi connectivity index (χ0n) is 14.9. The number of ether oxygens (including phenoxy) is 1. The van der Waals surface area contributed by atoms with Crippen molar-refractivity contribution in [2.24, 2.45) is 17.8 Å². The highest BCUT2D eigenvalue weighted by Gasteiger charge is 2.51. The first-order valence-electron chi connectivity index (χ1n) is 9.08. The van der Waals surface area contributed by atoms with E-state index in [1.54, 1.807) is 0 Å². The van der Waals surface area contributed by atoms with Gasteiger partial charge in [0.2, 0.25) is 0 Å². The summed E-state index contributed by atoms with van der Waals surface area (Å²) in [6, 6.07) is 0. The predicted octanol–water partition coefficient (Wildman–Crippen LogP) is 5.49. The number of allylic oxidation sites excluding steroid dienone is 5. The van der Waals surface area contributed by atoms with E-state index in [1.165, 1.54) is 30.4 Å². The molecule has 3 rings (SSSR count). The molecule has 2 aliphatic carbocycles. The van der Waals surface area contributed by atoms with E-state index in [-0.39, 0.29) is 17.6 Å². The summed E-state index contributed by atoms with van der Waals surface area (Å²) in [7, 11) is 0. The summed E-state index contributed by atoms with van der Waals surface area (Å²) in [6.07, 6.45) is 15.6. The maximum Gasteiger partial charge on any atom is 0.0989 e. The van der Waals surface area contributed by atoms with Crippen LogP contribution in [0.5, 0.6) is 0 Å². The van der Waals surface area contributed by atoms with Crippen LogP contribution < -0.4 is 0 Å². The molecular formula is C21H30O2. The zero-order chi connectivity index (χ0) is 16.6. The summed E-state index contributed by atoms with van der Waals surface area (Å²) >= 11 is 0. The van der Waals surface area contributed by atoms with Crippen LogP contribution in [0.2, 0.25) is 0 Å². The molecule has 2 heteroatoms. The SMILES string of the molecule is CCCCCC1=CC=C(O)[C@H]2[C@H]3C=C(C)C=C[C@@H]3C(C)(C)O[C@H]12. The maximum atomic E-state index is 10.6. The number of rotatable bonds is 4. The Morgan fingerprint density at radius 2 is 2.00 bits per heavy atom. The minimum absolute atomic E-state index is 0.0173. The van der Waals surface area contributed by atoms with Crippen molar-refractivity contribution < 1.29 is 9.84 Å². The van der Waals surface area contributed by atoms with Gasteiger partial charge in [0.25, 0.3) is 0 Å². The fourth-order valence-corrected chi connectivity index (χ4v) is 4.41. The Kier molecular flexibility index (Phi) is 4.55. The van der Waals surface area contributed by atoms with E-state index in [0.29, 0.717) is 17.6 Å². The van der Waals surface area contributed by atoms with Gasteiger partial charge in [-0.25, -0.2) is 0 Å². The molecular weight excluding hydrogens is 284 g/mol. The molecule has 0 aromatic rings. The summed E-state index contributed by atoms with van der Waals surface area (Å²) < 4.78 is 6.55. The van der Waals surface area contributed by atoms with Crippen LogP contribution in [0, 0.1) is 17.8 Å². The van der Waals surface area contributed by atoms with Gasteiger partial charge in [-0.1, -0.05) is 49.6 Å². The summed E-state index contributed by atoms with van der Waals surface area (Å²) in [6.45, 7) is 8.76. The summed E-state index contributed by atoms with van der Waals surface area (Å²) in [5.41, 5.74) is 2.44. The Morgan fingerprint density at radius 3 is 2.74 bits per heavy atom. The van der Waals surface area contributed by atoms with Gasteiger partial charge >= 0.3 is 0 Å². The van der Waals surface area contributed by atoms with E-state index in [0.717, 1.165) is 6.42 Å². The summed E-state index contributed by atoms with van der Waals surface area (Å²) in [5, 5.41) is 10.6. The molecule has 4 atom stereocenters. The fourth-order valence-electron chi connectivity index (χ4n) is 4.41. The molecule has 3 aliphatic rings. The lowest BCUT2D eigenvalue weighted by Crippen LogP contribution is -2.54. The first-order chi connectivity index (χ1) is 10.9. The number of unbranched alkanes of at least 4 members (excludes halogenated alkanes) is 2. The molecule has 0 aromatic heterocycles. The van der Waals surface area contributed by atoms with Gasteiger partial charge in [0.05, 0.1) is 23.4 Å². The van der Waals surface area contributed by atoms with Gasteiger partial charge in [-0.15, -0.1) is 0 Å². The van der Waals surface area contributed by atoms with Crippen LogP contribution in [0.3, 0.4) is 0 Å². The number of hydrogen-bond donors (Lipinski definition) is 1. The van der Waals surface area contributed by atoms with Crippen LogP contribution in [-0.2, 0) is 4.74 Å². The van der Waals surface area contributed by atoms with Crippen LogP contribution in [0.1, 0.15) is 53.4 Å². The molecule has 0 unspecified atom stereocenters. The van der Waals surface area contributed by atoms with Crippen molar-refractivity contribution in [2.45, 2.75) is 65.1 Å². The summed E-state index contributed by atoms with van der Waals surface area (Å²) in [4.78, 5) is 0. The lowest BCUT2D eigenvalue weighted by atomic mass is 9.64. The van der Waals surface area contributed by atoms with Crippen molar-refractivity contribution in [3.63, 3.8) is 0 Å². The van der Waals surface area contributed by atoms with E-state index in [4.69, 9.17) is 4.74 Å². The number of aliphatic hydroxyl groups is 1. The van der Waals surface area contributed by atoms with Crippen LogP contribution in [0.4, 0.5) is 0 Å². The third kappa shape index (κ3) is 3.06. The maximum absolute atomic E-state index is 10.6. The molecule has 1 aliphatic heterocycles. The Labute approximate surface area is 140 Å². The molecule has 23 heavy (non-hydrogen) atoms. The van der Waals surface area contributed by atoms with Gasteiger partial charge in [-0.3, -0.25) is 0 Å². The minimum atomic E-state index is -0.207. The van der Waals surface area contributed by atoms with Gasteiger partial charge in [0, 0.05) is 5.92 Å². The average molecular weight is 314 g/mol. The van der Waals surface area contributed by atoms with Crippen LogP contribution in [0.15, 0.2) is 47.3 Å². The highest BCUT2D eigenvalue weighted by molar-refractivity contribution is 5.35. The second-order valence-corrected chi connectivity index (χ2v) is 7.83. The van der Waals surface area contributed by atoms with Crippen molar-refractivity contribution in [3.05, 3.63) is 47.3 Å². The lowest BCUT2D eigenvalue weighted by Gasteiger charge is -2.52. The van der Waals surface area contributed by atoms with Crippen LogP contribution in [0.25, 0.3) is 0 Å². The third-order valence-corrected chi connectivity index (χ3v) is 5.65. The molecule has 1 heterocycles. The van der Waals surface area contributed by atoms with Crippen molar-refractivity contribution in [3.8, 4) is 0 Å². The van der Waals surface area contributed by atoms with Crippen molar-refractivity contribution >= 4 is 0 Å². The molecule has 0 bridgehead atoms. The van der Waals surface area contributed by atoms with Crippen LogP contribution >= 0.6 is 0 Å². The molecule has 126 valence electrons. The van der Waals surface area contributed by atoms with E-state index >= 15 is 0 Å². The normalized spacial score (nSPS) is 34.9. The highest BCUT2D eigenvalue weighted by Crippen LogP contribution is 2.50. The molecule has 0 radical (unpaired) electrons.